The fourth-order valence-corrected chi connectivity index (χ4v) is 2.53. The number of hydrogen-bond acceptors (Lipinski definition) is 3. The van der Waals surface area contributed by atoms with Crippen molar-refractivity contribution in [2.24, 2.45) is 5.92 Å². The first kappa shape index (κ1) is 15.2. The average molecular weight is 362 g/mol. The predicted molar refractivity (Wildman–Crippen MR) is 83.1 cm³/mol. The van der Waals surface area contributed by atoms with E-state index in [1.54, 1.807) is 6.07 Å². The minimum Gasteiger partial charge on any atom is -0.369 e. The van der Waals surface area contributed by atoms with Gasteiger partial charge in [0.1, 0.15) is 0 Å². The molecule has 0 radical (unpaired) electrons. The van der Waals surface area contributed by atoms with Gasteiger partial charge in [-0.05, 0) is 54.5 Å². The molecule has 0 spiro atoms. The van der Waals surface area contributed by atoms with Crippen molar-refractivity contribution in [2.45, 2.75) is 33.7 Å². The molecule has 0 amide bonds. The maximum Gasteiger partial charge on any atom is 0.282 e. The molecule has 0 heterocycles. The molecule has 4 nitrogen and oxygen atoms in total. The number of nitrogens with zero attached hydrogens (tertiary/aromatic N) is 2. The van der Waals surface area contributed by atoms with Gasteiger partial charge < -0.3 is 4.90 Å². The van der Waals surface area contributed by atoms with Gasteiger partial charge in [0.15, 0.2) is 0 Å². The summed E-state index contributed by atoms with van der Waals surface area (Å²) in [5.41, 5.74) is 1.22. The summed E-state index contributed by atoms with van der Waals surface area (Å²) in [6.07, 6.45) is 0. The lowest BCUT2D eigenvalue weighted by Crippen LogP contribution is -2.34. The lowest BCUT2D eigenvalue weighted by molar-refractivity contribution is -0.385. The monoisotopic (exact) mass is 362 g/mol. The van der Waals surface area contributed by atoms with E-state index in [-0.39, 0.29) is 10.6 Å². The van der Waals surface area contributed by atoms with Gasteiger partial charge in [0.25, 0.3) is 5.69 Å². The van der Waals surface area contributed by atoms with E-state index in [0.29, 0.717) is 15.5 Å². The van der Waals surface area contributed by atoms with Gasteiger partial charge in [-0.25, -0.2) is 0 Å². The summed E-state index contributed by atoms with van der Waals surface area (Å²) in [5, 5.41) is 10.8. The van der Waals surface area contributed by atoms with Crippen molar-refractivity contribution < 1.29 is 4.92 Å². The molecule has 0 aliphatic carbocycles. The van der Waals surface area contributed by atoms with Gasteiger partial charge in [-0.15, -0.1) is 0 Å². The van der Waals surface area contributed by atoms with Crippen molar-refractivity contribution in [1.82, 2.24) is 0 Å². The SMILES string of the molecule is CC(C)CN(c1ccc([N+](=O)[O-])c(I)c1)C(C)C. The Morgan fingerprint density at radius 2 is 1.94 bits per heavy atom. The predicted octanol–water partition coefficient (Wildman–Crippen LogP) is 4.07. The van der Waals surface area contributed by atoms with Crippen LogP contribution in [0, 0.1) is 19.6 Å². The van der Waals surface area contributed by atoms with Crippen LogP contribution < -0.4 is 4.90 Å². The van der Waals surface area contributed by atoms with Crippen LogP contribution in [0.1, 0.15) is 27.7 Å². The molecule has 18 heavy (non-hydrogen) atoms. The number of benzene rings is 1. The molecule has 5 heteroatoms. The molecule has 0 aliphatic heterocycles. The van der Waals surface area contributed by atoms with Crippen molar-refractivity contribution in [1.29, 1.82) is 0 Å². The van der Waals surface area contributed by atoms with E-state index in [4.69, 9.17) is 0 Å². The Morgan fingerprint density at radius 1 is 1.33 bits per heavy atom. The summed E-state index contributed by atoms with van der Waals surface area (Å²) in [6.45, 7) is 9.57. The molecule has 0 fully saturated rings. The van der Waals surface area contributed by atoms with Crippen molar-refractivity contribution in [3.05, 3.63) is 31.9 Å². The summed E-state index contributed by atoms with van der Waals surface area (Å²) in [6, 6.07) is 5.70. The Kier molecular flexibility index (Phi) is 5.37. The highest BCUT2D eigenvalue weighted by molar-refractivity contribution is 14.1. The van der Waals surface area contributed by atoms with Crippen LogP contribution in [0.5, 0.6) is 0 Å². The Labute approximate surface area is 122 Å². The molecule has 0 N–H and O–H groups in total. The maximum absolute atomic E-state index is 10.8. The smallest absolute Gasteiger partial charge is 0.282 e. The van der Waals surface area contributed by atoms with Crippen molar-refractivity contribution >= 4 is 34.0 Å². The number of nitro benzene ring substituents is 1. The van der Waals surface area contributed by atoms with E-state index in [1.165, 1.54) is 0 Å². The summed E-state index contributed by atoms with van der Waals surface area (Å²) in [7, 11) is 0. The first-order valence-electron chi connectivity index (χ1n) is 6.03. The van der Waals surface area contributed by atoms with Gasteiger partial charge in [0.05, 0.1) is 8.49 Å². The zero-order valence-electron chi connectivity index (χ0n) is 11.2. The molecule has 0 aromatic heterocycles. The van der Waals surface area contributed by atoms with Gasteiger partial charge in [0.2, 0.25) is 0 Å². The second kappa shape index (κ2) is 6.36. The van der Waals surface area contributed by atoms with Crippen LogP contribution in [0.25, 0.3) is 0 Å². The number of halogens is 1. The number of anilines is 1. The third-order valence-electron chi connectivity index (χ3n) is 2.64. The molecule has 0 aliphatic rings. The Morgan fingerprint density at radius 3 is 2.33 bits per heavy atom. The van der Waals surface area contributed by atoms with Crippen LogP contribution in [0.2, 0.25) is 0 Å². The normalized spacial score (nSPS) is 11.1. The molecule has 1 rings (SSSR count). The van der Waals surface area contributed by atoms with Crippen LogP contribution in [0.15, 0.2) is 18.2 Å². The minimum atomic E-state index is -0.340. The van der Waals surface area contributed by atoms with Crippen LogP contribution in [-0.2, 0) is 0 Å². The highest BCUT2D eigenvalue weighted by Gasteiger charge is 2.17. The van der Waals surface area contributed by atoms with E-state index in [2.05, 4.69) is 32.6 Å². The maximum atomic E-state index is 10.8. The topological polar surface area (TPSA) is 46.4 Å². The van der Waals surface area contributed by atoms with E-state index in [1.807, 2.05) is 34.7 Å². The Bertz CT molecular complexity index is 433. The van der Waals surface area contributed by atoms with E-state index >= 15 is 0 Å². The van der Waals surface area contributed by atoms with Crippen LogP contribution in [-0.4, -0.2) is 17.5 Å². The molecule has 0 unspecified atom stereocenters. The number of nitro groups is 1. The standard InChI is InChI=1S/C13H19IN2O2/c1-9(2)8-15(10(3)4)11-5-6-13(16(17)18)12(14)7-11/h5-7,9-10H,8H2,1-4H3. The summed E-state index contributed by atoms with van der Waals surface area (Å²) in [4.78, 5) is 12.7. The lowest BCUT2D eigenvalue weighted by Gasteiger charge is -2.30. The molecule has 1 aromatic rings. The minimum absolute atomic E-state index is 0.174. The fraction of sp³-hybridized carbons (Fsp3) is 0.538. The van der Waals surface area contributed by atoms with Crippen LogP contribution in [0.3, 0.4) is 0 Å². The third kappa shape index (κ3) is 3.83. The molecule has 0 saturated carbocycles. The van der Waals surface area contributed by atoms with Crippen LogP contribution in [0.4, 0.5) is 11.4 Å². The zero-order valence-corrected chi connectivity index (χ0v) is 13.3. The largest absolute Gasteiger partial charge is 0.369 e. The van der Waals surface area contributed by atoms with Gasteiger partial charge in [-0.3, -0.25) is 10.1 Å². The van der Waals surface area contributed by atoms with Gasteiger partial charge in [0, 0.05) is 24.3 Å². The number of hydrogen-bond donors (Lipinski definition) is 0. The van der Waals surface area contributed by atoms with Crippen molar-refractivity contribution in [2.75, 3.05) is 11.4 Å². The fourth-order valence-electron chi connectivity index (χ4n) is 1.83. The first-order chi connectivity index (χ1) is 8.32. The Balaban J connectivity index is 3.07. The molecule has 0 bridgehead atoms. The highest BCUT2D eigenvalue weighted by atomic mass is 127. The van der Waals surface area contributed by atoms with Gasteiger partial charge in [-0.1, -0.05) is 13.8 Å². The summed E-state index contributed by atoms with van der Waals surface area (Å²) < 4.78 is 0.685. The van der Waals surface area contributed by atoms with Gasteiger partial charge >= 0.3 is 0 Å². The van der Waals surface area contributed by atoms with Crippen molar-refractivity contribution in [3.8, 4) is 0 Å². The zero-order chi connectivity index (χ0) is 13.9. The third-order valence-corrected chi connectivity index (χ3v) is 3.51. The summed E-state index contributed by atoms with van der Waals surface area (Å²) in [5.74, 6) is 0.556. The molecular weight excluding hydrogens is 343 g/mol. The second-order valence-electron chi connectivity index (χ2n) is 5.03. The summed E-state index contributed by atoms with van der Waals surface area (Å²) >= 11 is 2.02. The van der Waals surface area contributed by atoms with E-state index < -0.39 is 0 Å². The second-order valence-corrected chi connectivity index (χ2v) is 6.19. The Hall–Kier alpha value is -0.850. The molecule has 100 valence electrons. The quantitative estimate of drug-likeness (QED) is 0.451. The highest BCUT2D eigenvalue weighted by Crippen LogP contribution is 2.27. The first-order valence-corrected chi connectivity index (χ1v) is 7.11. The lowest BCUT2D eigenvalue weighted by atomic mass is 10.1. The molecule has 0 atom stereocenters. The average Bonchev–Trinajstić information content (AvgIpc) is 2.24. The molecule has 1 aromatic carbocycles. The van der Waals surface area contributed by atoms with E-state index in [0.717, 1.165) is 12.2 Å². The number of rotatable bonds is 5. The van der Waals surface area contributed by atoms with Crippen molar-refractivity contribution in [3.63, 3.8) is 0 Å². The molecular formula is C13H19IN2O2. The van der Waals surface area contributed by atoms with Crippen LogP contribution >= 0.6 is 22.6 Å². The van der Waals surface area contributed by atoms with Gasteiger partial charge in [-0.2, -0.15) is 0 Å². The molecule has 0 saturated heterocycles. The van der Waals surface area contributed by atoms with E-state index in [9.17, 15) is 10.1 Å².